The minimum Gasteiger partial charge on any atom is -0.346 e. The molecule has 3 rings (SSSR count). The number of carbonyl (C=O) groups excluding carboxylic acids is 1. The number of rotatable bonds is 4. The quantitative estimate of drug-likeness (QED) is 0.896. The number of aryl methyl sites for hydroxylation is 2. The number of hydrogen-bond acceptors (Lipinski definition) is 3. The Bertz CT molecular complexity index is 938. The zero-order chi connectivity index (χ0) is 18.9. The molecule has 0 aliphatic carbocycles. The Hall–Kier alpha value is -2.34. The van der Waals surface area contributed by atoms with Gasteiger partial charge in [0.1, 0.15) is 0 Å². The summed E-state index contributed by atoms with van der Waals surface area (Å²) in [6.07, 6.45) is 2.74. The molecule has 0 saturated carbocycles. The fraction of sp³-hybridized carbons (Fsp3) is 0.350. The van der Waals surface area contributed by atoms with Crippen molar-refractivity contribution >= 4 is 21.6 Å². The number of amides is 1. The molecule has 0 bridgehead atoms. The molecule has 2 aromatic rings. The van der Waals surface area contributed by atoms with Crippen molar-refractivity contribution in [3.8, 4) is 0 Å². The third kappa shape index (κ3) is 3.75. The molecule has 2 aromatic carbocycles. The van der Waals surface area contributed by atoms with Gasteiger partial charge in [-0.3, -0.25) is 9.10 Å². The van der Waals surface area contributed by atoms with Gasteiger partial charge in [-0.1, -0.05) is 24.3 Å². The van der Waals surface area contributed by atoms with Gasteiger partial charge in [0.15, 0.2) is 0 Å². The standard InChI is InChI=1S/C20H24N2O3S/c1-14-7-4-5-9-18(14)15(2)21-20(23)17-10-11-19-16(13-17)8-6-12-22(19)26(3,24)25/h4-5,7,9-11,13,15H,6,8,12H2,1-3H3,(H,21,23). The van der Waals surface area contributed by atoms with Crippen LogP contribution in [0.5, 0.6) is 0 Å². The summed E-state index contributed by atoms with van der Waals surface area (Å²) >= 11 is 0. The summed E-state index contributed by atoms with van der Waals surface area (Å²) < 4.78 is 25.3. The lowest BCUT2D eigenvalue weighted by atomic mass is 9.99. The molecule has 1 heterocycles. The molecule has 138 valence electrons. The number of fused-ring (bicyclic) bond motifs is 1. The lowest BCUT2D eigenvalue weighted by Crippen LogP contribution is -2.35. The van der Waals surface area contributed by atoms with Gasteiger partial charge in [0.05, 0.1) is 18.0 Å². The maximum Gasteiger partial charge on any atom is 0.251 e. The Kier molecular flexibility index (Phi) is 5.05. The van der Waals surface area contributed by atoms with E-state index >= 15 is 0 Å². The van der Waals surface area contributed by atoms with Crippen LogP contribution in [0.15, 0.2) is 42.5 Å². The van der Waals surface area contributed by atoms with Gasteiger partial charge in [0, 0.05) is 12.1 Å². The third-order valence-electron chi connectivity index (χ3n) is 4.82. The van der Waals surface area contributed by atoms with E-state index in [9.17, 15) is 13.2 Å². The lowest BCUT2D eigenvalue weighted by molar-refractivity contribution is 0.0939. The van der Waals surface area contributed by atoms with E-state index in [1.165, 1.54) is 10.6 Å². The molecule has 1 atom stereocenters. The zero-order valence-electron chi connectivity index (χ0n) is 15.3. The SMILES string of the molecule is Cc1ccccc1C(C)NC(=O)c1ccc2c(c1)CCCN2S(C)(=O)=O. The highest BCUT2D eigenvalue weighted by Crippen LogP contribution is 2.30. The van der Waals surface area contributed by atoms with Crippen LogP contribution in [0.4, 0.5) is 5.69 Å². The van der Waals surface area contributed by atoms with Gasteiger partial charge < -0.3 is 5.32 Å². The van der Waals surface area contributed by atoms with Crippen molar-refractivity contribution in [2.45, 2.75) is 32.7 Å². The summed E-state index contributed by atoms with van der Waals surface area (Å²) in [6.45, 7) is 4.47. The highest BCUT2D eigenvalue weighted by Gasteiger charge is 2.25. The molecule has 1 aliphatic rings. The van der Waals surface area contributed by atoms with Crippen LogP contribution in [0.3, 0.4) is 0 Å². The predicted molar refractivity (Wildman–Crippen MR) is 104 cm³/mol. The van der Waals surface area contributed by atoms with Crippen molar-refractivity contribution in [3.63, 3.8) is 0 Å². The third-order valence-corrected chi connectivity index (χ3v) is 6.00. The Morgan fingerprint density at radius 2 is 1.92 bits per heavy atom. The molecule has 1 aliphatic heterocycles. The van der Waals surface area contributed by atoms with Gasteiger partial charge in [0.2, 0.25) is 10.0 Å². The fourth-order valence-electron chi connectivity index (χ4n) is 3.48. The van der Waals surface area contributed by atoms with Crippen molar-refractivity contribution in [1.29, 1.82) is 0 Å². The van der Waals surface area contributed by atoms with E-state index in [0.717, 1.165) is 29.5 Å². The molecule has 0 saturated heterocycles. The highest BCUT2D eigenvalue weighted by molar-refractivity contribution is 7.92. The first-order valence-corrected chi connectivity index (χ1v) is 10.6. The monoisotopic (exact) mass is 372 g/mol. The van der Waals surface area contributed by atoms with Gasteiger partial charge in [-0.25, -0.2) is 8.42 Å². The average molecular weight is 372 g/mol. The van der Waals surface area contributed by atoms with E-state index in [-0.39, 0.29) is 11.9 Å². The minimum absolute atomic E-state index is 0.104. The van der Waals surface area contributed by atoms with E-state index in [4.69, 9.17) is 0 Å². The Balaban J connectivity index is 1.82. The number of sulfonamides is 1. The molecule has 6 heteroatoms. The highest BCUT2D eigenvalue weighted by atomic mass is 32.2. The van der Waals surface area contributed by atoms with Crippen molar-refractivity contribution < 1.29 is 13.2 Å². The number of hydrogen-bond donors (Lipinski definition) is 1. The molecule has 1 N–H and O–H groups in total. The van der Waals surface area contributed by atoms with Crippen LogP contribution < -0.4 is 9.62 Å². The van der Waals surface area contributed by atoms with Crippen LogP contribution in [0, 0.1) is 6.92 Å². The first kappa shape index (κ1) is 18.5. The van der Waals surface area contributed by atoms with Gasteiger partial charge in [-0.2, -0.15) is 0 Å². The second kappa shape index (κ2) is 7.11. The average Bonchev–Trinajstić information content (AvgIpc) is 2.60. The minimum atomic E-state index is -3.30. The Morgan fingerprint density at radius 3 is 2.62 bits per heavy atom. The summed E-state index contributed by atoms with van der Waals surface area (Å²) in [5.74, 6) is -0.153. The summed E-state index contributed by atoms with van der Waals surface area (Å²) in [4.78, 5) is 12.7. The van der Waals surface area contributed by atoms with E-state index in [1.54, 1.807) is 12.1 Å². The van der Waals surface area contributed by atoms with Gasteiger partial charge >= 0.3 is 0 Å². The van der Waals surface area contributed by atoms with E-state index in [2.05, 4.69) is 5.32 Å². The van der Waals surface area contributed by atoms with Crippen molar-refractivity contribution in [2.24, 2.45) is 0 Å². The fourth-order valence-corrected chi connectivity index (χ4v) is 4.47. The lowest BCUT2D eigenvalue weighted by Gasteiger charge is -2.29. The second-order valence-corrected chi connectivity index (χ2v) is 8.74. The molecule has 0 fully saturated rings. The van der Waals surface area contributed by atoms with Crippen molar-refractivity contribution in [1.82, 2.24) is 5.32 Å². The molecule has 26 heavy (non-hydrogen) atoms. The van der Waals surface area contributed by atoms with Crippen molar-refractivity contribution in [3.05, 3.63) is 64.7 Å². The largest absolute Gasteiger partial charge is 0.346 e. The summed E-state index contributed by atoms with van der Waals surface area (Å²) in [5.41, 5.74) is 4.36. The molecule has 5 nitrogen and oxygen atoms in total. The maximum absolute atomic E-state index is 12.7. The predicted octanol–water partition coefficient (Wildman–Crippen LogP) is 3.20. The molecular weight excluding hydrogens is 348 g/mol. The van der Waals surface area contributed by atoms with Gasteiger partial charge in [-0.05, 0) is 61.6 Å². The summed E-state index contributed by atoms with van der Waals surface area (Å²) in [6, 6.07) is 13.1. The Labute approximate surface area is 155 Å². The summed E-state index contributed by atoms with van der Waals surface area (Å²) in [5, 5.41) is 3.03. The molecule has 0 radical (unpaired) electrons. The first-order chi connectivity index (χ1) is 12.3. The second-order valence-electron chi connectivity index (χ2n) is 6.83. The number of nitrogens with one attached hydrogen (secondary N) is 1. The van der Waals surface area contributed by atoms with Gasteiger partial charge in [-0.15, -0.1) is 0 Å². The molecular formula is C20H24N2O3S. The van der Waals surface area contributed by atoms with Crippen molar-refractivity contribution in [2.75, 3.05) is 17.1 Å². The van der Waals surface area contributed by atoms with E-state index in [0.29, 0.717) is 17.8 Å². The zero-order valence-corrected chi connectivity index (χ0v) is 16.1. The number of nitrogens with zero attached hydrogens (tertiary/aromatic N) is 1. The molecule has 0 spiro atoms. The Morgan fingerprint density at radius 1 is 1.19 bits per heavy atom. The van der Waals surface area contributed by atoms with E-state index < -0.39 is 10.0 Å². The molecule has 1 amide bonds. The molecule has 0 aromatic heterocycles. The topological polar surface area (TPSA) is 66.5 Å². The van der Waals surface area contributed by atoms with Crippen LogP contribution in [-0.4, -0.2) is 27.1 Å². The van der Waals surface area contributed by atoms with Crippen LogP contribution in [0.25, 0.3) is 0 Å². The summed E-state index contributed by atoms with van der Waals surface area (Å²) in [7, 11) is -3.30. The van der Waals surface area contributed by atoms with E-state index in [1.807, 2.05) is 44.2 Å². The first-order valence-electron chi connectivity index (χ1n) is 8.74. The number of carbonyl (C=O) groups is 1. The number of anilines is 1. The van der Waals surface area contributed by atoms with Crippen LogP contribution in [-0.2, 0) is 16.4 Å². The van der Waals surface area contributed by atoms with Gasteiger partial charge in [0.25, 0.3) is 5.91 Å². The van der Waals surface area contributed by atoms with Crippen LogP contribution >= 0.6 is 0 Å². The normalized spacial score (nSPS) is 15.3. The van der Waals surface area contributed by atoms with Crippen LogP contribution in [0.2, 0.25) is 0 Å². The number of benzene rings is 2. The maximum atomic E-state index is 12.7. The smallest absolute Gasteiger partial charge is 0.251 e. The molecule has 1 unspecified atom stereocenters. The van der Waals surface area contributed by atoms with Crippen LogP contribution in [0.1, 0.15) is 46.4 Å².